The Labute approximate surface area is 95.4 Å². The first-order valence-corrected chi connectivity index (χ1v) is 6.13. The van der Waals surface area contributed by atoms with Crippen molar-refractivity contribution in [3.63, 3.8) is 0 Å². The topological polar surface area (TPSA) is 12.5 Å². The molecule has 0 aromatic heterocycles. The second-order valence-electron chi connectivity index (χ2n) is 4.58. The van der Waals surface area contributed by atoms with E-state index in [-0.39, 0.29) is 5.60 Å². The first kappa shape index (κ1) is 9.68. The van der Waals surface area contributed by atoms with Gasteiger partial charge in [0.05, 0.1) is 6.10 Å². The molecule has 1 aliphatic heterocycles. The van der Waals surface area contributed by atoms with Gasteiger partial charge in [0.2, 0.25) is 0 Å². The Balaban J connectivity index is 1.97. The molecule has 0 bridgehead atoms. The number of epoxide rings is 1. The van der Waals surface area contributed by atoms with E-state index in [0.717, 1.165) is 11.4 Å². The van der Waals surface area contributed by atoms with Crippen molar-refractivity contribution in [2.75, 3.05) is 0 Å². The summed E-state index contributed by atoms with van der Waals surface area (Å²) in [6, 6.07) is 8.12. The van der Waals surface area contributed by atoms with E-state index in [2.05, 4.69) is 12.1 Å². The van der Waals surface area contributed by atoms with Crippen LogP contribution in [0.25, 0.3) is 0 Å². The Hall–Kier alpha value is -0.530. The lowest BCUT2D eigenvalue weighted by Gasteiger charge is -2.13. The highest BCUT2D eigenvalue weighted by Gasteiger charge is 2.57. The van der Waals surface area contributed by atoms with Gasteiger partial charge in [0, 0.05) is 10.6 Å². The highest BCUT2D eigenvalue weighted by atomic mass is 35.5. The molecule has 1 saturated heterocycles. The smallest absolute Gasteiger partial charge is 0.121 e. The van der Waals surface area contributed by atoms with Crippen LogP contribution < -0.4 is 0 Å². The van der Waals surface area contributed by atoms with Crippen molar-refractivity contribution in [2.24, 2.45) is 0 Å². The van der Waals surface area contributed by atoms with Crippen molar-refractivity contribution >= 4 is 11.6 Å². The molecule has 3 rings (SSSR count). The average Bonchev–Trinajstić information content (AvgIpc) is 2.92. The molecule has 0 amide bonds. The number of rotatable bonds is 1. The van der Waals surface area contributed by atoms with Crippen molar-refractivity contribution in [3.05, 3.63) is 34.9 Å². The van der Waals surface area contributed by atoms with E-state index >= 15 is 0 Å². The van der Waals surface area contributed by atoms with Gasteiger partial charge in [0.25, 0.3) is 0 Å². The molecule has 1 nitrogen and oxygen atoms in total. The number of ether oxygens (including phenoxy) is 1. The molecular weight excluding hydrogens is 208 g/mol. The normalized spacial score (nSPS) is 34.3. The lowest BCUT2D eigenvalue weighted by Crippen LogP contribution is -2.12. The molecule has 80 valence electrons. The van der Waals surface area contributed by atoms with Gasteiger partial charge in [-0.15, -0.1) is 0 Å². The molecule has 0 radical (unpaired) electrons. The van der Waals surface area contributed by atoms with Crippen LogP contribution in [0, 0.1) is 0 Å². The first-order chi connectivity index (χ1) is 7.33. The van der Waals surface area contributed by atoms with E-state index in [1.165, 1.54) is 31.2 Å². The van der Waals surface area contributed by atoms with E-state index in [1.807, 2.05) is 12.1 Å². The number of fused-ring (bicyclic) bond motifs is 1. The Morgan fingerprint density at radius 1 is 1.20 bits per heavy atom. The minimum absolute atomic E-state index is 0.0190. The summed E-state index contributed by atoms with van der Waals surface area (Å²) in [5.74, 6) is 0. The summed E-state index contributed by atoms with van der Waals surface area (Å²) in [4.78, 5) is 0. The summed E-state index contributed by atoms with van der Waals surface area (Å²) in [5.41, 5.74) is 1.19. The third kappa shape index (κ3) is 1.49. The predicted octanol–water partition coefficient (Wildman–Crippen LogP) is 3.90. The third-order valence-corrected chi connectivity index (χ3v) is 3.99. The Morgan fingerprint density at radius 3 is 2.93 bits per heavy atom. The molecule has 2 aliphatic rings. The van der Waals surface area contributed by atoms with Crippen molar-refractivity contribution < 1.29 is 4.74 Å². The molecule has 15 heavy (non-hydrogen) atoms. The summed E-state index contributed by atoms with van der Waals surface area (Å²) in [6.07, 6.45) is 6.68. The molecule has 1 aromatic rings. The van der Waals surface area contributed by atoms with E-state index < -0.39 is 0 Å². The zero-order valence-corrected chi connectivity index (χ0v) is 9.46. The van der Waals surface area contributed by atoms with Gasteiger partial charge in [-0.1, -0.05) is 49.1 Å². The highest BCUT2D eigenvalue weighted by Crippen LogP contribution is 2.55. The van der Waals surface area contributed by atoms with Gasteiger partial charge in [-0.2, -0.15) is 0 Å². The zero-order chi connectivity index (χ0) is 10.3. The standard InChI is InChI=1S/C13H15ClO/c14-11-7-4-3-6-10(11)13-9-5-1-2-8-12(13)15-13/h3-4,6-7,12H,1-2,5,8-9H2/t12-,13+/m1/s1. The van der Waals surface area contributed by atoms with Crippen LogP contribution in [0.2, 0.25) is 5.02 Å². The third-order valence-electron chi connectivity index (χ3n) is 3.66. The number of benzene rings is 1. The van der Waals surface area contributed by atoms with E-state index in [1.54, 1.807) is 0 Å². The minimum Gasteiger partial charge on any atom is -0.361 e. The summed E-state index contributed by atoms with van der Waals surface area (Å²) in [7, 11) is 0. The molecule has 0 unspecified atom stereocenters. The Bertz CT molecular complexity index is 377. The van der Waals surface area contributed by atoms with Crippen LogP contribution in [0.1, 0.15) is 37.7 Å². The number of hydrogen-bond donors (Lipinski definition) is 0. The van der Waals surface area contributed by atoms with Crippen LogP contribution in [0.5, 0.6) is 0 Å². The van der Waals surface area contributed by atoms with Crippen LogP contribution >= 0.6 is 11.6 Å². The van der Waals surface area contributed by atoms with Crippen LogP contribution in [0.15, 0.2) is 24.3 Å². The average molecular weight is 223 g/mol. The maximum atomic E-state index is 6.25. The summed E-state index contributed by atoms with van der Waals surface area (Å²) < 4.78 is 5.93. The maximum absolute atomic E-state index is 6.25. The summed E-state index contributed by atoms with van der Waals surface area (Å²) >= 11 is 6.25. The fraction of sp³-hybridized carbons (Fsp3) is 0.538. The molecule has 0 N–H and O–H groups in total. The van der Waals surface area contributed by atoms with E-state index in [0.29, 0.717) is 6.10 Å². The predicted molar refractivity (Wildman–Crippen MR) is 61.1 cm³/mol. The van der Waals surface area contributed by atoms with Crippen LogP contribution in [-0.4, -0.2) is 6.10 Å². The van der Waals surface area contributed by atoms with Gasteiger partial charge in [0.15, 0.2) is 0 Å². The lowest BCUT2D eigenvalue weighted by molar-refractivity contribution is 0.265. The quantitative estimate of drug-likeness (QED) is 0.657. The molecule has 1 saturated carbocycles. The van der Waals surface area contributed by atoms with E-state index in [9.17, 15) is 0 Å². The molecular formula is C13H15ClO. The number of hydrogen-bond acceptors (Lipinski definition) is 1. The first-order valence-electron chi connectivity index (χ1n) is 5.76. The van der Waals surface area contributed by atoms with Gasteiger partial charge in [-0.05, 0) is 18.9 Å². The SMILES string of the molecule is Clc1ccccc1[C@@]12CCCCC[C@H]1O2. The Morgan fingerprint density at radius 2 is 2.07 bits per heavy atom. The van der Waals surface area contributed by atoms with Gasteiger partial charge >= 0.3 is 0 Å². The molecule has 1 aliphatic carbocycles. The molecule has 2 heteroatoms. The minimum atomic E-state index is -0.0190. The van der Waals surface area contributed by atoms with Crippen LogP contribution in [-0.2, 0) is 10.3 Å². The second kappa shape index (κ2) is 3.50. The summed E-state index contributed by atoms with van der Waals surface area (Å²) in [5, 5.41) is 0.863. The van der Waals surface area contributed by atoms with Gasteiger partial charge < -0.3 is 4.74 Å². The van der Waals surface area contributed by atoms with Gasteiger partial charge in [-0.3, -0.25) is 0 Å². The van der Waals surface area contributed by atoms with Crippen molar-refractivity contribution in [1.29, 1.82) is 0 Å². The number of halogens is 1. The van der Waals surface area contributed by atoms with Gasteiger partial charge in [0.1, 0.15) is 5.60 Å². The molecule has 2 atom stereocenters. The highest BCUT2D eigenvalue weighted by molar-refractivity contribution is 6.31. The van der Waals surface area contributed by atoms with Crippen molar-refractivity contribution in [2.45, 2.75) is 43.8 Å². The van der Waals surface area contributed by atoms with Crippen LogP contribution in [0.4, 0.5) is 0 Å². The lowest BCUT2D eigenvalue weighted by atomic mass is 9.91. The fourth-order valence-corrected chi connectivity index (χ4v) is 3.10. The van der Waals surface area contributed by atoms with Crippen molar-refractivity contribution in [3.8, 4) is 0 Å². The molecule has 1 aromatic carbocycles. The maximum Gasteiger partial charge on any atom is 0.121 e. The largest absolute Gasteiger partial charge is 0.361 e. The molecule has 1 heterocycles. The second-order valence-corrected chi connectivity index (χ2v) is 4.98. The molecule has 2 fully saturated rings. The summed E-state index contributed by atoms with van der Waals surface area (Å²) in [6.45, 7) is 0. The fourth-order valence-electron chi connectivity index (χ4n) is 2.80. The Kier molecular flexibility index (Phi) is 2.26. The van der Waals surface area contributed by atoms with Crippen LogP contribution in [0.3, 0.4) is 0 Å². The zero-order valence-electron chi connectivity index (χ0n) is 8.71. The van der Waals surface area contributed by atoms with Crippen molar-refractivity contribution in [1.82, 2.24) is 0 Å². The van der Waals surface area contributed by atoms with E-state index in [4.69, 9.17) is 16.3 Å². The van der Waals surface area contributed by atoms with Gasteiger partial charge in [-0.25, -0.2) is 0 Å². The monoisotopic (exact) mass is 222 g/mol. The molecule has 0 spiro atoms.